The first-order valence-corrected chi connectivity index (χ1v) is 13.6. The van der Waals surface area contributed by atoms with Crippen LogP contribution in [-0.4, -0.2) is 41.1 Å². The zero-order valence-electron chi connectivity index (χ0n) is 19.6. The van der Waals surface area contributed by atoms with Crippen LogP contribution in [0.2, 0.25) is 5.02 Å². The van der Waals surface area contributed by atoms with Gasteiger partial charge in [0.05, 0.1) is 39.9 Å². The van der Waals surface area contributed by atoms with Gasteiger partial charge in [-0.1, -0.05) is 59.2 Å². The summed E-state index contributed by atoms with van der Waals surface area (Å²) in [4.78, 5) is 15.0. The lowest BCUT2D eigenvalue weighted by Gasteiger charge is -2.26. The third kappa shape index (κ3) is 5.19. The highest BCUT2D eigenvalue weighted by molar-refractivity contribution is 7.90. The van der Waals surface area contributed by atoms with E-state index in [1.54, 1.807) is 41.3 Å². The van der Waals surface area contributed by atoms with E-state index in [2.05, 4.69) is 5.16 Å². The Bertz CT molecular complexity index is 1570. The highest BCUT2D eigenvalue weighted by Crippen LogP contribution is 2.40. The third-order valence-corrected chi connectivity index (χ3v) is 8.34. The molecule has 1 aromatic heterocycles. The number of benzene rings is 3. The number of carbonyl (C=O) groups is 1. The van der Waals surface area contributed by atoms with Crippen molar-refractivity contribution in [1.82, 2.24) is 10.1 Å². The van der Waals surface area contributed by atoms with Gasteiger partial charge < -0.3 is 19.6 Å². The monoisotopic (exact) mass is 538 g/mol. The summed E-state index contributed by atoms with van der Waals surface area (Å²) >= 11 is 6.01. The summed E-state index contributed by atoms with van der Waals surface area (Å²) in [5.74, 6) is -0.408. The number of phenolic OH excluding ortho intramolecular Hbond substituents is 2. The molecule has 1 amide bonds. The minimum Gasteiger partial charge on any atom is -0.507 e. The number of phenols is 2. The summed E-state index contributed by atoms with van der Waals surface area (Å²) in [5.41, 5.74) is 3.04. The minimum absolute atomic E-state index is 0.0518. The minimum atomic E-state index is -3.50. The lowest BCUT2D eigenvalue weighted by atomic mass is 10.00. The number of aromatic hydroxyl groups is 2. The molecule has 190 valence electrons. The number of hydrogen-bond donors (Lipinski definition) is 2. The van der Waals surface area contributed by atoms with Gasteiger partial charge in [-0.25, -0.2) is 8.42 Å². The zero-order valence-corrected chi connectivity index (χ0v) is 21.2. The molecule has 0 saturated carbocycles. The Morgan fingerprint density at radius 1 is 1.00 bits per heavy atom. The Labute approximate surface area is 218 Å². The van der Waals surface area contributed by atoms with E-state index in [1.807, 2.05) is 6.07 Å². The first kappa shape index (κ1) is 24.9. The van der Waals surface area contributed by atoms with Crippen LogP contribution in [0, 0.1) is 0 Å². The van der Waals surface area contributed by atoms with Crippen LogP contribution < -0.4 is 0 Å². The molecule has 2 heterocycles. The molecule has 1 aliphatic heterocycles. The van der Waals surface area contributed by atoms with E-state index in [9.17, 15) is 23.4 Å². The normalized spacial score (nSPS) is 13.4. The van der Waals surface area contributed by atoms with Crippen molar-refractivity contribution in [2.75, 3.05) is 6.54 Å². The molecular weight excluding hydrogens is 516 g/mol. The van der Waals surface area contributed by atoms with Gasteiger partial charge in [0, 0.05) is 24.6 Å². The predicted octanol–water partition coefficient (Wildman–Crippen LogP) is 4.51. The van der Waals surface area contributed by atoms with Crippen molar-refractivity contribution in [3.8, 4) is 22.8 Å². The second kappa shape index (κ2) is 9.91. The largest absolute Gasteiger partial charge is 0.507 e. The molecule has 10 heteroatoms. The van der Waals surface area contributed by atoms with E-state index < -0.39 is 9.84 Å². The second-order valence-corrected chi connectivity index (χ2v) is 11.3. The maximum atomic E-state index is 13.1. The fraction of sp³-hybridized carbons (Fsp3) is 0.185. The fourth-order valence-electron chi connectivity index (χ4n) is 4.35. The average molecular weight is 539 g/mol. The average Bonchev–Trinajstić information content (AvgIpc) is 3.30. The van der Waals surface area contributed by atoms with Gasteiger partial charge in [-0.15, -0.1) is 0 Å². The van der Waals surface area contributed by atoms with Crippen molar-refractivity contribution >= 4 is 27.3 Å². The summed E-state index contributed by atoms with van der Waals surface area (Å²) < 4.78 is 31.0. The molecule has 8 nitrogen and oxygen atoms in total. The molecule has 3 aromatic carbocycles. The van der Waals surface area contributed by atoms with Gasteiger partial charge in [0.2, 0.25) is 5.91 Å². The summed E-state index contributed by atoms with van der Waals surface area (Å²) in [6.07, 6.45) is 0.582. The van der Waals surface area contributed by atoms with Crippen molar-refractivity contribution in [2.45, 2.75) is 30.0 Å². The molecule has 0 spiro atoms. The lowest BCUT2D eigenvalue weighted by molar-refractivity contribution is -0.131. The highest BCUT2D eigenvalue weighted by atomic mass is 35.5. The number of fused-ring (bicyclic) bond motifs is 1. The van der Waals surface area contributed by atoms with E-state index in [1.165, 1.54) is 18.2 Å². The molecule has 0 atom stereocenters. The fourth-order valence-corrected chi connectivity index (χ4v) is 5.86. The lowest BCUT2D eigenvalue weighted by Crippen LogP contribution is -2.36. The molecule has 1 aliphatic rings. The summed E-state index contributed by atoms with van der Waals surface area (Å²) in [6.45, 7) is 0.679. The van der Waals surface area contributed by atoms with Crippen LogP contribution in [0.5, 0.6) is 11.5 Å². The van der Waals surface area contributed by atoms with Crippen LogP contribution in [0.1, 0.15) is 22.4 Å². The number of sulfone groups is 1. The third-order valence-electron chi connectivity index (χ3n) is 6.34. The zero-order chi connectivity index (χ0) is 26.2. The smallest absolute Gasteiger partial charge is 0.227 e. The van der Waals surface area contributed by atoms with Gasteiger partial charge in [-0.2, -0.15) is 0 Å². The molecule has 0 saturated heterocycles. The molecule has 0 radical (unpaired) electrons. The maximum Gasteiger partial charge on any atom is 0.227 e. The van der Waals surface area contributed by atoms with Crippen molar-refractivity contribution in [2.24, 2.45) is 0 Å². The first-order valence-electron chi connectivity index (χ1n) is 11.5. The van der Waals surface area contributed by atoms with Crippen molar-refractivity contribution < 1.29 is 27.9 Å². The standard InChI is InChI=1S/C27H23ClN2O6S/c28-22-13-20(24(31)14-25(22)32)27-21-15-30(11-10-23(21)29-36-27)26(33)12-17-6-8-19(9-7-17)37(34,35)16-18-4-2-1-3-5-18/h1-9,13-14,31-32H,10-12,15-16H2. The first-order chi connectivity index (χ1) is 17.7. The quantitative estimate of drug-likeness (QED) is 0.370. The maximum absolute atomic E-state index is 13.1. The van der Waals surface area contributed by atoms with Crippen molar-refractivity contribution in [3.63, 3.8) is 0 Å². The van der Waals surface area contributed by atoms with Crippen LogP contribution in [0.25, 0.3) is 11.3 Å². The van der Waals surface area contributed by atoms with Gasteiger partial charge in [0.1, 0.15) is 11.5 Å². The highest BCUT2D eigenvalue weighted by Gasteiger charge is 2.29. The molecule has 0 unspecified atom stereocenters. The van der Waals surface area contributed by atoms with E-state index in [-0.39, 0.29) is 51.6 Å². The predicted molar refractivity (Wildman–Crippen MR) is 137 cm³/mol. The Kier molecular flexibility index (Phi) is 6.66. The molecule has 4 aromatic rings. The summed E-state index contributed by atoms with van der Waals surface area (Å²) in [6, 6.07) is 17.9. The van der Waals surface area contributed by atoms with Crippen LogP contribution in [0.4, 0.5) is 0 Å². The molecule has 0 bridgehead atoms. The van der Waals surface area contributed by atoms with Gasteiger partial charge in [0.25, 0.3) is 0 Å². The van der Waals surface area contributed by atoms with E-state index >= 15 is 0 Å². The Morgan fingerprint density at radius 3 is 2.46 bits per heavy atom. The Morgan fingerprint density at radius 2 is 1.73 bits per heavy atom. The summed E-state index contributed by atoms with van der Waals surface area (Å²) in [7, 11) is -3.50. The molecule has 0 aliphatic carbocycles. The number of rotatable bonds is 6. The molecule has 5 rings (SSSR count). The van der Waals surface area contributed by atoms with Crippen molar-refractivity contribution in [3.05, 3.63) is 94.1 Å². The van der Waals surface area contributed by atoms with Gasteiger partial charge in [0.15, 0.2) is 15.6 Å². The number of amides is 1. The van der Waals surface area contributed by atoms with Gasteiger partial charge >= 0.3 is 0 Å². The Balaban J connectivity index is 1.29. The van der Waals surface area contributed by atoms with Gasteiger partial charge in [-0.3, -0.25) is 4.79 Å². The molecule has 37 heavy (non-hydrogen) atoms. The van der Waals surface area contributed by atoms with Crippen LogP contribution >= 0.6 is 11.6 Å². The number of halogens is 1. The number of carbonyl (C=O) groups excluding carboxylic acids is 1. The molecule has 0 fully saturated rings. The summed E-state index contributed by atoms with van der Waals surface area (Å²) in [5, 5.41) is 24.1. The number of aromatic nitrogens is 1. The SMILES string of the molecule is O=C(Cc1ccc(S(=O)(=O)Cc2ccccc2)cc1)N1CCc2noc(-c3cc(Cl)c(O)cc3O)c2C1. The van der Waals surface area contributed by atoms with Gasteiger partial charge in [-0.05, 0) is 29.3 Å². The second-order valence-electron chi connectivity index (χ2n) is 8.89. The Hall–Kier alpha value is -3.82. The molecular formula is C27H23ClN2O6S. The number of nitrogens with zero attached hydrogens (tertiary/aromatic N) is 2. The van der Waals surface area contributed by atoms with Crippen molar-refractivity contribution in [1.29, 1.82) is 0 Å². The van der Waals surface area contributed by atoms with E-state index in [4.69, 9.17) is 16.1 Å². The van der Waals surface area contributed by atoms with Crippen LogP contribution in [-0.2, 0) is 39.8 Å². The van der Waals surface area contributed by atoms with Crippen LogP contribution in [0.15, 0.2) is 76.1 Å². The topological polar surface area (TPSA) is 121 Å². The molecule has 2 N–H and O–H groups in total. The van der Waals surface area contributed by atoms with E-state index in [0.29, 0.717) is 41.1 Å². The van der Waals surface area contributed by atoms with E-state index in [0.717, 1.165) is 6.07 Å². The van der Waals surface area contributed by atoms with Crippen LogP contribution in [0.3, 0.4) is 0 Å². The number of hydrogen-bond acceptors (Lipinski definition) is 7.